The van der Waals surface area contributed by atoms with E-state index in [9.17, 15) is 9.59 Å². The first kappa shape index (κ1) is 12.0. The molecule has 0 atom stereocenters. The van der Waals surface area contributed by atoms with Crippen molar-refractivity contribution in [2.75, 3.05) is 5.88 Å². The van der Waals surface area contributed by atoms with E-state index >= 15 is 0 Å². The minimum atomic E-state index is -0.422. The van der Waals surface area contributed by atoms with E-state index < -0.39 is 5.69 Å². The first-order chi connectivity index (χ1) is 9.22. The molecular weight excluding hydrogens is 264 g/mol. The smallest absolute Gasteiger partial charge is 0.306 e. The van der Waals surface area contributed by atoms with Crippen LogP contribution < -0.4 is 11.2 Å². The Morgan fingerprint density at radius 2 is 1.84 bits per heavy atom. The molecule has 0 aliphatic carbocycles. The summed E-state index contributed by atoms with van der Waals surface area (Å²) in [5.74, 6) is 0.224. The number of aromatic nitrogens is 2. The van der Waals surface area contributed by atoms with Crippen molar-refractivity contribution in [3.63, 3.8) is 0 Å². The predicted octanol–water partition coefficient (Wildman–Crippen LogP) is 2.08. The van der Waals surface area contributed by atoms with E-state index in [4.69, 9.17) is 11.6 Å². The first-order valence-electron chi connectivity index (χ1n) is 5.93. The average molecular weight is 275 g/mol. The summed E-state index contributed by atoms with van der Waals surface area (Å²) in [5, 5.41) is 2.36. The van der Waals surface area contributed by atoms with Crippen molar-refractivity contribution in [2.24, 2.45) is 0 Å². The molecule has 0 saturated heterocycles. The van der Waals surface area contributed by atoms with Crippen molar-refractivity contribution < 1.29 is 0 Å². The number of halogens is 1. The van der Waals surface area contributed by atoms with Crippen molar-refractivity contribution in [3.8, 4) is 0 Å². The summed E-state index contributed by atoms with van der Waals surface area (Å²) in [7, 11) is 0. The second-order valence-corrected chi connectivity index (χ2v) is 4.66. The monoisotopic (exact) mass is 274 g/mol. The molecule has 1 heterocycles. The molecule has 0 unspecified atom stereocenters. The SMILES string of the molecule is O=c1[nH]c2c(ccc3ccccc32)c(=O)n1CCCl. The molecule has 0 aliphatic heterocycles. The van der Waals surface area contributed by atoms with Crippen LogP contribution >= 0.6 is 11.6 Å². The molecule has 0 aliphatic rings. The van der Waals surface area contributed by atoms with Gasteiger partial charge in [-0.25, -0.2) is 4.79 Å². The third kappa shape index (κ3) is 1.85. The molecule has 3 rings (SSSR count). The minimum absolute atomic E-state index is 0.207. The molecule has 5 heteroatoms. The maximum Gasteiger partial charge on any atom is 0.328 e. The van der Waals surface area contributed by atoms with Crippen LogP contribution in [0.25, 0.3) is 21.7 Å². The summed E-state index contributed by atoms with van der Waals surface area (Å²) in [6.07, 6.45) is 0. The molecule has 4 nitrogen and oxygen atoms in total. The Labute approximate surface area is 113 Å². The number of H-pyrrole nitrogens is 1. The van der Waals surface area contributed by atoms with Crippen LogP contribution in [0.2, 0.25) is 0 Å². The zero-order valence-corrected chi connectivity index (χ0v) is 10.8. The summed E-state index contributed by atoms with van der Waals surface area (Å²) in [5.41, 5.74) is -0.140. The van der Waals surface area contributed by atoms with E-state index in [-0.39, 0.29) is 18.0 Å². The van der Waals surface area contributed by atoms with Gasteiger partial charge < -0.3 is 4.98 Å². The van der Waals surface area contributed by atoms with Gasteiger partial charge in [-0.1, -0.05) is 30.3 Å². The van der Waals surface area contributed by atoms with Crippen LogP contribution in [0.3, 0.4) is 0 Å². The van der Waals surface area contributed by atoms with Gasteiger partial charge in [-0.3, -0.25) is 9.36 Å². The van der Waals surface area contributed by atoms with Gasteiger partial charge in [0.2, 0.25) is 0 Å². The Kier molecular flexibility index (Phi) is 2.87. The van der Waals surface area contributed by atoms with Gasteiger partial charge in [0.05, 0.1) is 10.9 Å². The van der Waals surface area contributed by atoms with E-state index in [1.54, 1.807) is 6.07 Å². The Morgan fingerprint density at radius 1 is 1.05 bits per heavy atom. The Bertz CT molecular complexity index is 880. The van der Waals surface area contributed by atoms with Crippen LogP contribution in [0.5, 0.6) is 0 Å². The quantitative estimate of drug-likeness (QED) is 0.575. The second-order valence-electron chi connectivity index (χ2n) is 4.29. The number of benzene rings is 2. The van der Waals surface area contributed by atoms with Crippen molar-refractivity contribution in [1.29, 1.82) is 0 Å². The molecule has 0 spiro atoms. The zero-order chi connectivity index (χ0) is 13.4. The van der Waals surface area contributed by atoms with Crippen molar-refractivity contribution in [2.45, 2.75) is 6.54 Å². The largest absolute Gasteiger partial charge is 0.328 e. The maximum absolute atomic E-state index is 12.3. The molecule has 2 aromatic carbocycles. The van der Waals surface area contributed by atoms with E-state index in [0.29, 0.717) is 10.9 Å². The molecule has 0 radical (unpaired) electrons. The third-order valence-electron chi connectivity index (χ3n) is 3.19. The number of nitrogens with one attached hydrogen (secondary N) is 1. The molecule has 0 amide bonds. The van der Waals surface area contributed by atoms with Crippen LogP contribution in [0, 0.1) is 0 Å². The van der Waals surface area contributed by atoms with Gasteiger partial charge in [-0.15, -0.1) is 11.6 Å². The summed E-state index contributed by atoms with van der Waals surface area (Å²) in [6.45, 7) is 0.207. The van der Waals surface area contributed by atoms with Crippen molar-refractivity contribution in [1.82, 2.24) is 9.55 Å². The van der Waals surface area contributed by atoms with Crippen molar-refractivity contribution >= 4 is 33.3 Å². The number of nitrogens with zero attached hydrogens (tertiary/aromatic N) is 1. The number of hydrogen-bond acceptors (Lipinski definition) is 2. The van der Waals surface area contributed by atoms with Gasteiger partial charge in [-0.05, 0) is 11.5 Å². The Morgan fingerprint density at radius 3 is 2.63 bits per heavy atom. The number of hydrogen-bond donors (Lipinski definition) is 1. The lowest BCUT2D eigenvalue weighted by molar-refractivity contribution is 0.689. The topological polar surface area (TPSA) is 54.9 Å². The van der Waals surface area contributed by atoms with Crippen LogP contribution in [0.15, 0.2) is 46.0 Å². The third-order valence-corrected chi connectivity index (χ3v) is 3.36. The average Bonchev–Trinajstić information content (AvgIpc) is 2.43. The second kappa shape index (κ2) is 4.55. The number of alkyl halides is 1. The van der Waals surface area contributed by atoms with Gasteiger partial charge in [0.1, 0.15) is 0 Å². The van der Waals surface area contributed by atoms with Gasteiger partial charge in [0.25, 0.3) is 5.56 Å². The first-order valence-corrected chi connectivity index (χ1v) is 6.46. The highest BCUT2D eigenvalue weighted by Crippen LogP contribution is 2.20. The summed E-state index contributed by atoms with van der Waals surface area (Å²) >= 11 is 5.61. The fraction of sp³-hybridized carbons (Fsp3) is 0.143. The van der Waals surface area contributed by atoms with E-state index in [1.165, 1.54) is 0 Å². The summed E-state index contributed by atoms with van der Waals surface area (Å²) in [6, 6.07) is 11.2. The van der Waals surface area contributed by atoms with Gasteiger partial charge >= 0.3 is 5.69 Å². The minimum Gasteiger partial charge on any atom is -0.306 e. The van der Waals surface area contributed by atoms with Crippen LogP contribution in [-0.4, -0.2) is 15.4 Å². The zero-order valence-electron chi connectivity index (χ0n) is 10.0. The molecule has 0 fully saturated rings. The van der Waals surface area contributed by atoms with Crippen LogP contribution in [-0.2, 0) is 6.54 Å². The highest BCUT2D eigenvalue weighted by Gasteiger charge is 2.09. The molecule has 19 heavy (non-hydrogen) atoms. The Hall–Kier alpha value is -2.07. The van der Waals surface area contributed by atoms with Crippen LogP contribution in [0.1, 0.15) is 0 Å². The normalized spacial score (nSPS) is 11.2. The van der Waals surface area contributed by atoms with Gasteiger partial charge in [-0.2, -0.15) is 0 Å². The van der Waals surface area contributed by atoms with Gasteiger partial charge in [0, 0.05) is 17.8 Å². The number of fused-ring (bicyclic) bond motifs is 3. The lowest BCUT2D eigenvalue weighted by Crippen LogP contribution is -2.35. The number of aromatic amines is 1. The highest BCUT2D eigenvalue weighted by molar-refractivity contribution is 6.17. The van der Waals surface area contributed by atoms with Crippen LogP contribution in [0.4, 0.5) is 0 Å². The lowest BCUT2D eigenvalue weighted by Gasteiger charge is -2.06. The lowest BCUT2D eigenvalue weighted by atomic mass is 10.1. The fourth-order valence-electron chi connectivity index (χ4n) is 2.28. The van der Waals surface area contributed by atoms with E-state index in [1.807, 2.05) is 30.3 Å². The maximum atomic E-state index is 12.3. The predicted molar refractivity (Wildman–Crippen MR) is 77.1 cm³/mol. The molecule has 0 saturated carbocycles. The summed E-state index contributed by atoms with van der Waals surface area (Å²) in [4.78, 5) is 27.0. The fourth-order valence-corrected chi connectivity index (χ4v) is 2.45. The van der Waals surface area contributed by atoms with E-state index in [0.717, 1.165) is 15.3 Å². The molecular formula is C14H11ClN2O2. The molecule has 0 bridgehead atoms. The molecule has 96 valence electrons. The van der Waals surface area contributed by atoms with Gasteiger partial charge in [0.15, 0.2) is 0 Å². The van der Waals surface area contributed by atoms with Crippen molar-refractivity contribution in [3.05, 3.63) is 57.2 Å². The molecule has 1 aromatic heterocycles. The highest BCUT2D eigenvalue weighted by atomic mass is 35.5. The Balaban J connectivity index is 2.50. The standard InChI is InChI=1S/C14H11ClN2O2/c15-7-8-17-13(18)11-6-5-9-3-1-2-4-10(9)12(11)16-14(17)19/h1-6H,7-8H2,(H,16,19). The summed E-state index contributed by atoms with van der Waals surface area (Å²) < 4.78 is 1.13. The molecule has 1 N–H and O–H groups in total. The van der Waals surface area contributed by atoms with E-state index in [2.05, 4.69) is 4.98 Å². The molecule has 3 aromatic rings. The number of rotatable bonds is 2.